The molecule has 0 saturated carbocycles. The molecule has 1 aliphatic heterocycles. The van der Waals surface area contributed by atoms with E-state index in [2.05, 4.69) is 39.5 Å². The van der Waals surface area contributed by atoms with Gasteiger partial charge in [0.15, 0.2) is 0 Å². The van der Waals surface area contributed by atoms with Crippen LogP contribution in [0.5, 0.6) is 0 Å². The maximum Gasteiger partial charge on any atom is 0.254 e. The third-order valence-corrected chi connectivity index (χ3v) is 5.78. The average molecular weight is 332 g/mol. The summed E-state index contributed by atoms with van der Waals surface area (Å²) in [6.07, 6.45) is 3.21. The summed E-state index contributed by atoms with van der Waals surface area (Å²) in [7, 11) is 1.86. The van der Waals surface area contributed by atoms with Crippen LogP contribution in [-0.4, -0.2) is 38.4 Å². The molecule has 2 atom stereocenters. The van der Waals surface area contributed by atoms with E-state index in [0.717, 1.165) is 30.4 Å². The summed E-state index contributed by atoms with van der Waals surface area (Å²) < 4.78 is 1.73. The third-order valence-electron chi connectivity index (χ3n) is 5.78. The van der Waals surface area contributed by atoms with E-state index in [4.69, 9.17) is 0 Å². The Morgan fingerprint density at radius 1 is 1.20 bits per heavy atom. The number of likely N-dealkylation sites (tertiary alicyclic amines) is 1. The molecule has 126 valence electrons. The Balaban J connectivity index is 1.48. The summed E-state index contributed by atoms with van der Waals surface area (Å²) in [5.74, 6) is 0.601. The molecule has 2 aromatic carbocycles. The van der Waals surface area contributed by atoms with Crippen molar-refractivity contribution in [2.24, 2.45) is 7.05 Å². The molecule has 0 unspecified atom stereocenters. The van der Waals surface area contributed by atoms with Gasteiger partial charge in [-0.1, -0.05) is 29.5 Å². The van der Waals surface area contributed by atoms with E-state index in [1.807, 2.05) is 25.2 Å². The molecule has 5 heteroatoms. The van der Waals surface area contributed by atoms with Gasteiger partial charge in [-0.3, -0.25) is 4.79 Å². The van der Waals surface area contributed by atoms with Crippen molar-refractivity contribution in [1.82, 2.24) is 19.9 Å². The number of piperidine rings is 1. The number of fused-ring (bicyclic) bond motifs is 4. The van der Waals surface area contributed by atoms with Gasteiger partial charge in [0, 0.05) is 31.1 Å². The van der Waals surface area contributed by atoms with Crippen LogP contribution in [0.1, 0.15) is 40.2 Å². The first-order valence-corrected chi connectivity index (χ1v) is 8.90. The third kappa shape index (κ3) is 2.18. The van der Waals surface area contributed by atoms with Crippen LogP contribution in [0.4, 0.5) is 0 Å². The quantitative estimate of drug-likeness (QED) is 0.688. The Morgan fingerprint density at radius 3 is 3.00 bits per heavy atom. The van der Waals surface area contributed by atoms with E-state index in [9.17, 15) is 4.79 Å². The molecule has 2 aliphatic rings. The van der Waals surface area contributed by atoms with Gasteiger partial charge >= 0.3 is 0 Å². The molecule has 1 amide bonds. The van der Waals surface area contributed by atoms with Crippen molar-refractivity contribution in [1.29, 1.82) is 0 Å². The number of nitrogens with zero attached hydrogens (tertiary/aromatic N) is 4. The second kappa shape index (κ2) is 5.41. The van der Waals surface area contributed by atoms with Gasteiger partial charge < -0.3 is 4.90 Å². The summed E-state index contributed by atoms with van der Waals surface area (Å²) in [6.45, 7) is 0.840. The summed E-state index contributed by atoms with van der Waals surface area (Å²) in [5, 5.41) is 8.18. The number of hydrogen-bond acceptors (Lipinski definition) is 3. The minimum Gasteiger partial charge on any atom is -0.335 e. The largest absolute Gasteiger partial charge is 0.335 e. The zero-order valence-electron chi connectivity index (χ0n) is 14.2. The summed E-state index contributed by atoms with van der Waals surface area (Å²) in [5.41, 5.74) is 5.28. The highest BCUT2D eigenvalue weighted by Gasteiger charge is 2.40. The van der Waals surface area contributed by atoms with E-state index < -0.39 is 0 Å². The van der Waals surface area contributed by atoms with Gasteiger partial charge in [-0.05, 0) is 48.6 Å². The van der Waals surface area contributed by atoms with Crippen molar-refractivity contribution in [2.75, 3.05) is 6.54 Å². The minimum absolute atomic E-state index is 0.120. The lowest BCUT2D eigenvalue weighted by atomic mass is 9.88. The summed E-state index contributed by atoms with van der Waals surface area (Å²) in [6, 6.07) is 14.7. The number of benzene rings is 2. The molecule has 0 bridgehead atoms. The maximum atomic E-state index is 13.2. The zero-order chi connectivity index (χ0) is 17.0. The summed E-state index contributed by atoms with van der Waals surface area (Å²) >= 11 is 0. The molecular formula is C20H20N4O. The molecule has 1 aliphatic carbocycles. The van der Waals surface area contributed by atoms with Gasteiger partial charge in [0.1, 0.15) is 5.52 Å². The minimum atomic E-state index is 0.120. The Bertz CT molecular complexity index is 977. The number of carbonyl (C=O) groups excluding carboxylic acids is 1. The Kier molecular flexibility index (Phi) is 3.17. The predicted molar refractivity (Wildman–Crippen MR) is 95.5 cm³/mol. The first-order valence-electron chi connectivity index (χ1n) is 8.90. The Labute approximate surface area is 146 Å². The normalized spacial score (nSPS) is 22.0. The second-order valence-electron chi connectivity index (χ2n) is 7.13. The summed E-state index contributed by atoms with van der Waals surface area (Å²) in [4.78, 5) is 15.3. The molecule has 5 nitrogen and oxygen atoms in total. The molecular weight excluding hydrogens is 312 g/mol. The van der Waals surface area contributed by atoms with E-state index in [1.165, 1.54) is 17.5 Å². The fraction of sp³-hybridized carbons (Fsp3) is 0.350. The monoisotopic (exact) mass is 332 g/mol. The molecule has 1 fully saturated rings. The number of hydrogen-bond donors (Lipinski definition) is 0. The van der Waals surface area contributed by atoms with Crippen LogP contribution in [0.15, 0.2) is 42.5 Å². The topological polar surface area (TPSA) is 51.0 Å². The number of carbonyl (C=O) groups is 1. The molecule has 25 heavy (non-hydrogen) atoms. The van der Waals surface area contributed by atoms with E-state index in [-0.39, 0.29) is 11.9 Å². The van der Waals surface area contributed by atoms with Crippen LogP contribution < -0.4 is 0 Å². The van der Waals surface area contributed by atoms with Crippen molar-refractivity contribution >= 4 is 16.9 Å². The number of amides is 1. The SMILES string of the molecule is Cn1nnc2cc(C(=O)N3CCC[C@@H]4c5ccccc5C[C@@H]43)ccc21. The van der Waals surface area contributed by atoms with E-state index in [0.29, 0.717) is 11.5 Å². The Hall–Kier alpha value is -2.69. The van der Waals surface area contributed by atoms with Crippen LogP contribution in [-0.2, 0) is 13.5 Å². The van der Waals surface area contributed by atoms with Crippen molar-refractivity contribution in [3.8, 4) is 0 Å². The van der Waals surface area contributed by atoms with Gasteiger partial charge in [0.2, 0.25) is 0 Å². The molecule has 3 aromatic rings. The number of aryl methyl sites for hydroxylation is 1. The van der Waals surface area contributed by atoms with Crippen LogP contribution in [0.2, 0.25) is 0 Å². The zero-order valence-corrected chi connectivity index (χ0v) is 14.2. The smallest absolute Gasteiger partial charge is 0.254 e. The molecule has 5 rings (SSSR count). The van der Waals surface area contributed by atoms with Gasteiger partial charge in [-0.15, -0.1) is 5.10 Å². The fourth-order valence-electron chi connectivity index (χ4n) is 4.57. The fourth-order valence-corrected chi connectivity index (χ4v) is 4.57. The van der Waals surface area contributed by atoms with E-state index >= 15 is 0 Å². The van der Waals surface area contributed by atoms with Crippen molar-refractivity contribution in [3.05, 3.63) is 59.2 Å². The van der Waals surface area contributed by atoms with Crippen LogP contribution in [0.25, 0.3) is 11.0 Å². The number of rotatable bonds is 1. The van der Waals surface area contributed by atoms with Crippen LogP contribution in [0.3, 0.4) is 0 Å². The molecule has 0 N–H and O–H groups in total. The lowest BCUT2D eigenvalue weighted by Crippen LogP contribution is -2.46. The number of aromatic nitrogens is 3. The first kappa shape index (κ1) is 14.6. The second-order valence-corrected chi connectivity index (χ2v) is 7.13. The van der Waals surface area contributed by atoms with E-state index in [1.54, 1.807) is 4.68 Å². The average Bonchev–Trinajstić information content (AvgIpc) is 3.21. The highest BCUT2D eigenvalue weighted by molar-refractivity contribution is 5.97. The highest BCUT2D eigenvalue weighted by Crippen LogP contribution is 2.42. The van der Waals surface area contributed by atoms with Gasteiger partial charge in [0.25, 0.3) is 5.91 Å². The van der Waals surface area contributed by atoms with Crippen LogP contribution >= 0.6 is 0 Å². The van der Waals surface area contributed by atoms with Gasteiger partial charge in [-0.2, -0.15) is 0 Å². The molecule has 0 spiro atoms. The highest BCUT2D eigenvalue weighted by atomic mass is 16.2. The standard InChI is InChI=1S/C20H20N4O/c1-23-18-9-8-14(11-17(18)21-22-23)20(25)24-10-4-7-16-15-6-3-2-5-13(15)12-19(16)24/h2-3,5-6,8-9,11,16,19H,4,7,10,12H2,1H3/t16-,19+/m1/s1. The lowest BCUT2D eigenvalue weighted by molar-refractivity contribution is 0.0595. The van der Waals surface area contributed by atoms with Crippen LogP contribution in [0, 0.1) is 0 Å². The van der Waals surface area contributed by atoms with Gasteiger partial charge in [-0.25, -0.2) is 4.68 Å². The van der Waals surface area contributed by atoms with Crippen molar-refractivity contribution < 1.29 is 4.79 Å². The first-order chi connectivity index (χ1) is 12.2. The van der Waals surface area contributed by atoms with Gasteiger partial charge in [0.05, 0.1) is 5.52 Å². The molecule has 2 heterocycles. The molecule has 1 saturated heterocycles. The lowest BCUT2D eigenvalue weighted by Gasteiger charge is -2.38. The van der Waals surface area contributed by atoms with Crippen molar-refractivity contribution in [3.63, 3.8) is 0 Å². The maximum absolute atomic E-state index is 13.2. The van der Waals surface area contributed by atoms with Crippen molar-refractivity contribution in [2.45, 2.75) is 31.2 Å². The predicted octanol–water partition coefficient (Wildman–Crippen LogP) is 2.91. The Morgan fingerprint density at radius 2 is 2.08 bits per heavy atom. The molecule has 0 radical (unpaired) electrons. The molecule has 1 aromatic heterocycles.